The van der Waals surface area contributed by atoms with Gasteiger partial charge in [-0.1, -0.05) is 12.1 Å². The quantitative estimate of drug-likeness (QED) is 0.245. The average molecular weight is 631 g/mol. The van der Waals surface area contributed by atoms with E-state index in [-0.39, 0.29) is 24.3 Å². The minimum absolute atomic E-state index is 0.121. The van der Waals surface area contributed by atoms with Crippen molar-refractivity contribution in [3.8, 4) is 23.0 Å². The number of hydrogen-bond acceptors (Lipinski definition) is 8. The molecule has 0 bridgehead atoms. The highest BCUT2D eigenvalue weighted by molar-refractivity contribution is 6.03. The van der Waals surface area contributed by atoms with Crippen LogP contribution in [0.15, 0.2) is 24.3 Å². The summed E-state index contributed by atoms with van der Waals surface area (Å²) in [7, 11) is 0. The van der Waals surface area contributed by atoms with E-state index in [2.05, 4.69) is 0 Å². The molecule has 0 radical (unpaired) electrons. The summed E-state index contributed by atoms with van der Waals surface area (Å²) in [5, 5.41) is 20.9. The third-order valence-corrected chi connectivity index (χ3v) is 10.3. The van der Waals surface area contributed by atoms with Gasteiger partial charge < -0.3 is 29.2 Å². The van der Waals surface area contributed by atoms with Crippen molar-refractivity contribution in [1.29, 1.82) is 0 Å². The molecule has 8 nitrogen and oxygen atoms in total. The summed E-state index contributed by atoms with van der Waals surface area (Å²) < 4.78 is 24.2. The van der Waals surface area contributed by atoms with Gasteiger partial charge in [0.25, 0.3) is 0 Å². The standard InChI is InChI=1S/C38H46O8/c1-21-23(3)33-27(25(5)31(21)39)13-15-37(7,45-33)17-19-43-35(41)29-11-9-10-12-30(29)36(42)44-20-18-38(8)16-14-28-26(6)32(40)22(2)24(4)34(28)46-38/h9-12,39-40H,13-20H2,1-8H3. The van der Waals surface area contributed by atoms with Gasteiger partial charge in [0.05, 0.1) is 24.3 Å². The fraction of sp³-hybridized carbons (Fsp3) is 0.474. The van der Waals surface area contributed by atoms with E-state index in [9.17, 15) is 19.8 Å². The lowest BCUT2D eigenvalue weighted by molar-refractivity contribution is 0.0147. The van der Waals surface area contributed by atoms with Crippen molar-refractivity contribution in [2.24, 2.45) is 0 Å². The topological polar surface area (TPSA) is 112 Å². The first kappa shape index (κ1) is 33.2. The number of benzene rings is 3. The number of phenols is 2. The molecule has 0 spiro atoms. The van der Waals surface area contributed by atoms with Gasteiger partial charge in [-0.05, 0) is 127 Å². The zero-order chi connectivity index (χ0) is 33.6. The van der Waals surface area contributed by atoms with Gasteiger partial charge in [-0.25, -0.2) is 9.59 Å². The Kier molecular flexibility index (Phi) is 9.04. The van der Waals surface area contributed by atoms with Crippen LogP contribution in [0.1, 0.15) is 105 Å². The van der Waals surface area contributed by atoms with Crippen molar-refractivity contribution >= 4 is 11.9 Å². The zero-order valence-electron chi connectivity index (χ0n) is 28.3. The van der Waals surface area contributed by atoms with E-state index in [1.807, 2.05) is 55.4 Å². The maximum absolute atomic E-state index is 13.2. The Balaban J connectivity index is 1.18. The van der Waals surface area contributed by atoms with Gasteiger partial charge in [-0.3, -0.25) is 0 Å². The molecule has 0 amide bonds. The third kappa shape index (κ3) is 6.14. The molecule has 8 heteroatoms. The highest BCUT2D eigenvalue weighted by Crippen LogP contribution is 2.45. The SMILES string of the molecule is Cc1c(C)c2c(c(C)c1O)CCC(C)(CCOC(=O)c1ccccc1C(=O)OCCC1(C)CCc3c(C)c(O)c(C)c(C)c3O1)O2. The zero-order valence-corrected chi connectivity index (χ0v) is 28.3. The van der Waals surface area contributed by atoms with Crippen LogP contribution in [0.4, 0.5) is 0 Å². The van der Waals surface area contributed by atoms with E-state index in [1.54, 1.807) is 24.3 Å². The number of phenolic OH excluding ortho intramolecular Hbond substituents is 2. The monoisotopic (exact) mass is 630 g/mol. The largest absolute Gasteiger partial charge is 0.507 e. The summed E-state index contributed by atoms with van der Waals surface area (Å²) in [5.74, 6) is 1.06. The van der Waals surface area contributed by atoms with E-state index in [1.165, 1.54) is 0 Å². The van der Waals surface area contributed by atoms with E-state index >= 15 is 0 Å². The molecule has 2 heterocycles. The normalized spacial score (nSPS) is 20.2. The molecule has 0 saturated heterocycles. The molecular weight excluding hydrogens is 584 g/mol. The third-order valence-electron chi connectivity index (χ3n) is 10.3. The van der Waals surface area contributed by atoms with Crippen molar-refractivity contribution in [3.05, 3.63) is 79.9 Å². The van der Waals surface area contributed by atoms with Crippen molar-refractivity contribution in [1.82, 2.24) is 0 Å². The number of ether oxygens (including phenoxy) is 4. The summed E-state index contributed by atoms with van der Waals surface area (Å²) in [6, 6.07) is 6.52. The number of esters is 2. The van der Waals surface area contributed by atoms with Crippen molar-refractivity contribution < 1.29 is 38.7 Å². The van der Waals surface area contributed by atoms with Crippen LogP contribution < -0.4 is 9.47 Å². The average Bonchev–Trinajstić information content (AvgIpc) is 3.04. The molecule has 0 aromatic heterocycles. The lowest BCUT2D eigenvalue weighted by Crippen LogP contribution is -2.38. The molecule has 46 heavy (non-hydrogen) atoms. The first-order valence-corrected chi connectivity index (χ1v) is 16.1. The van der Waals surface area contributed by atoms with Gasteiger partial charge >= 0.3 is 11.9 Å². The van der Waals surface area contributed by atoms with Gasteiger partial charge in [0, 0.05) is 24.0 Å². The lowest BCUT2D eigenvalue weighted by Gasteiger charge is -2.38. The Bertz CT molecular complexity index is 1580. The van der Waals surface area contributed by atoms with Gasteiger partial charge in [0.15, 0.2) is 0 Å². The lowest BCUT2D eigenvalue weighted by atomic mass is 9.86. The summed E-state index contributed by atoms with van der Waals surface area (Å²) in [4.78, 5) is 26.3. The van der Waals surface area contributed by atoms with Gasteiger partial charge in [0.1, 0.15) is 34.2 Å². The Morgan fingerprint density at radius 1 is 0.652 bits per heavy atom. The minimum Gasteiger partial charge on any atom is -0.507 e. The number of aromatic hydroxyl groups is 2. The number of carbonyl (C=O) groups is 2. The van der Waals surface area contributed by atoms with Crippen LogP contribution in [0.5, 0.6) is 23.0 Å². The van der Waals surface area contributed by atoms with Gasteiger partial charge in [-0.15, -0.1) is 0 Å². The van der Waals surface area contributed by atoms with Gasteiger partial charge in [0.2, 0.25) is 0 Å². The van der Waals surface area contributed by atoms with Crippen LogP contribution in [0.2, 0.25) is 0 Å². The molecule has 3 aromatic rings. The molecule has 2 unspecified atom stereocenters. The van der Waals surface area contributed by atoms with Crippen LogP contribution in [-0.2, 0) is 22.3 Å². The van der Waals surface area contributed by atoms with E-state index in [0.717, 1.165) is 81.7 Å². The number of carbonyl (C=O) groups excluding carboxylic acids is 2. The summed E-state index contributed by atoms with van der Waals surface area (Å²) in [6.07, 6.45) is 3.91. The fourth-order valence-corrected chi connectivity index (χ4v) is 6.66. The fourth-order valence-electron chi connectivity index (χ4n) is 6.66. The predicted octanol–water partition coefficient (Wildman–Crippen LogP) is 7.61. The Labute approximate surface area is 271 Å². The molecule has 2 aliphatic rings. The summed E-state index contributed by atoms with van der Waals surface area (Å²) >= 11 is 0. The van der Waals surface area contributed by atoms with E-state index in [4.69, 9.17) is 18.9 Å². The second-order valence-corrected chi connectivity index (χ2v) is 13.5. The molecular formula is C38H46O8. The molecule has 246 valence electrons. The molecule has 0 saturated carbocycles. The van der Waals surface area contributed by atoms with Crippen molar-refractivity contribution in [3.63, 3.8) is 0 Å². The maximum atomic E-state index is 13.2. The second kappa shape index (κ2) is 12.5. The molecule has 0 aliphatic carbocycles. The minimum atomic E-state index is -0.594. The molecule has 3 aromatic carbocycles. The number of rotatable bonds is 8. The summed E-state index contributed by atoms with van der Waals surface area (Å²) in [6.45, 7) is 15.8. The Hall–Kier alpha value is -4.20. The maximum Gasteiger partial charge on any atom is 0.339 e. The van der Waals surface area contributed by atoms with E-state index in [0.29, 0.717) is 24.3 Å². The predicted molar refractivity (Wildman–Crippen MR) is 176 cm³/mol. The second-order valence-electron chi connectivity index (χ2n) is 13.5. The first-order valence-electron chi connectivity index (χ1n) is 16.1. The van der Waals surface area contributed by atoms with Crippen LogP contribution >= 0.6 is 0 Å². The first-order chi connectivity index (χ1) is 21.7. The van der Waals surface area contributed by atoms with Crippen molar-refractivity contribution in [2.75, 3.05) is 13.2 Å². The van der Waals surface area contributed by atoms with E-state index < -0.39 is 23.1 Å². The number of hydrogen-bond donors (Lipinski definition) is 2. The Morgan fingerprint density at radius 3 is 1.39 bits per heavy atom. The molecule has 2 N–H and O–H groups in total. The summed E-state index contributed by atoms with van der Waals surface area (Å²) in [5.41, 5.74) is 6.43. The highest BCUT2D eigenvalue weighted by Gasteiger charge is 2.36. The Morgan fingerprint density at radius 2 is 1.02 bits per heavy atom. The van der Waals surface area contributed by atoms with Gasteiger partial charge in [-0.2, -0.15) is 0 Å². The molecule has 2 aliphatic heterocycles. The van der Waals surface area contributed by atoms with Crippen LogP contribution in [0, 0.1) is 41.5 Å². The number of fused-ring (bicyclic) bond motifs is 2. The van der Waals surface area contributed by atoms with Crippen LogP contribution in [0.3, 0.4) is 0 Å². The molecule has 2 atom stereocenters. The smallest absolute Gasteiger partial charge is 0.339 e. The molecule has 5 rings (SSSR count). The van der Waals surface area contributed by atoms with Crippen LogP contribution in [-0.4, -0.2) is 46.6 Å². The van der Waals surface area contributed by atoms with Crippen molar-refractivity contribution in [2.45, 2.75) is 105 Å². The van der Waals surface area contributed by atoms with Crippen LogP contribution in [0.25, 0.3) is 0 Å². The highest BCUT2D eigenvalue weighted by atomic mass is 16.5. The molecule has 0 fully saturated rings.